The minimum atomic E-state index is -0.214. The number of furan rings is 1. The number of hydrogen-bond acceptors (Lipinski definition) is 2. The number of benzene rings is 1. The minimum absolute atomic E-state index is 0.214. The lowest BCUT2D eigenvalue weighted by atomic mass is 10.1. The molecule has 0 saturated carbocycles. The van der Waals surface area contributed by atoms with E-state index < -0.39 is 0 Å². The molecule has 2 nitrogen and oxygen atoms in total. The Labute approximate surface area is 109 Å². The molecule has 88 valence electrons. The lowest BCUT2D eigenvalue weighted by molar-refractivity contribution is 0.101. The van der Waals surface area contributed by atoms with Crippen LogP contribution in [0.4, 0.5) is 0 Å². The van der Waals surface area contributed by atoms with Crippen molar-refractivity contribution < 1.29 is 9.21 Å². The molecule has 2 aromatic rings. The first kappa shape index (κ1) is 12.2. The van der Waals surface area contributed by atoms with Gasteiger partial charge in [-0.1, -0.05) is 30.1 Å². The van der Waals surface area contributed by atoms with Gasteiger partial charge in [-0.3, -0.25) is 4.79 Å². The van der Waals surface area contributed by atoms with Crippen molar-refractivity contribution in [3.8, 4) is 0 Å². The van der Waals surface area contributed by atoms with Crippen LogP contribution in [0.25, 0.3) is 0 Å². The Hall–Kier alpha value is -1.25. The van der Waals surface area contributed by atoms with Crippen LogP contribution in [-0.4, -0.2) is 5.78 Å². The first-order valence-corrected chi connectivity index (χ1v) is 5.95. The van der Waals surface area contributed by atoms with Crippen LogP contribution in [0, 0.1) is 0 Å². The molecule has 0 aliphatic heterocycles. The van der Waals surface area contributed by atoms with Crippen LogP contribution in [-0.2, 0) is 6.42 Å². The smallest absolute Gasteiger partial charge is 0.228 e. The van der Waals surface area contributed by atoms with Gasteiger partial charge < -0.3 is 4.42 Å². The van der Waals surface area contributed by atoms with Gasteiger partial charge in [-0.2, -0.15) is 0 Å². The summed E-state index contributed by atoms with van der Waals surface area (Å²) < 4.78 is 5.39. The van der Waals surface area contributed by atoms with Crippen molar-refractivity contribution in [3.05, 3.63) is 57.5 Å². The normalized spacial score (nSPS) is 10.5. The molecule has 1 aromatic heterocycles. The van der Waals surface area contributed by atoms with Crippen molar-refractivity contribution >= 4 is 29.0 Å². The maximum atomic E-state index is 12.1. The SMILES string of the molecule is CCc1ccc(C(=O)c2cc(Cl)cc(Cl)c2)o1. The largest absolute Gasteiger partial charge is 0.458 e. The first-order chi connectivity index (χ1) is 8.10. The molecule has 17 heavy (non-hydrogen) atoms. The Morgan fingerprint density at radius 1 is 1.18 bits per heavy atom. The zero-order valence-corrected chi connectivity index (χ0v) is 10.7. The molecule has 0 radical (unpaired) electrons. The summed E-state index contributed by atoms with van der Waals surface area (Å²) in [6.45, 7) is 1.96. The molecule has 0 amide bonds. The van der Waals surface area contributed by atoms with E-state index in [1.807, 2.05) is 6.92 Å². The molecular formula is C13H10Cl2O2. The predicted octanol–water partition coefficient (Wildman–Crippen LogP) is 4.38. The zero-order chi connectivity index (χ0) is 12.4. The van der Waals surface area contributed by atoms with Crippen LogP contribution >= 0.6 is 23.2 Å². The van der Waals surface area contributed by atoms with E-state index in [0.717, 1.165) is 12.2 Å². The van der Waals surface area contributed by atoms with E-state index in [1.165, 1.54) is 0 Å². The summed E-state index contributed by atoms with van der Waals surface area (Å²) in [7, 11) is 0. The van der Waals surface area contributed by atoms with Gasteiger partial charge in [-0.25, -0.2) is 0 Å². The Kier molecular flexibility index (Phi) is 3.55. The lowest BCUT2D eigenvalue weighted by Gasteiger charge is -2.00. The van der Waals surface area contributed by atoms with Crippen LogP contribution in [0.3, 0.4) is 0 Å². The Bertz CT molecular complexity index is 538. The van der Waals surface area contributed by atoms with Gasteiger partial charge in [0.05, 0.1) is 0 Å². The summed E-state index contributed by atoms with van der Waals surface area (Å²) in [4.78, 5) is 12.1. The van der Waals surface area contributed by atoms with Crippen molar-refractivity contribution in [2.45, 2.75) is 13.3 Å². The van der Waals surface area contributed by atoms with Crippen LogP contribution in [0.1, 0.15) is 28.8 Å². The molecule has 1 aromatic carbocycles. The van der Waals surface area contributed by atoms with E-state index in [4.69, 9.17) is 27.6 Å². The molecule has 0 bridgehead atoms. The van der Waals surface area contributed by atoms with Gasteiger partial charge in [0.1, 0.15) is 5.76 Å². The van der Waals surface area contributed by atoms with E-state index in [2.05, 4.69) is 0 Å². The second-order valence-electron chi connectivity index (χ2n) is 3.61. The fourth-order valence-electron chi connectivity index (χ4n) is 1.52. The van der Waals surface area contributed by atoms with E-state index in [9.17, 15) is 4.79 Å². The van der Waals surface area contributed by atoms with E-state index >= 15 is 0 Å². The minimum Gasteiger partial charge on any atom is -0.458 e. The topological polar surface area (TPSA) is 30.2 Å². The molecule has 4 heteroatoms. The van der Waals surface area contributed by atoms with E-state index in [-0.39, 0.29) is 5.78 Å². The third kappa shape index (κ3) is 2.71. The zero-order valence-electron chi connectivity index (χ0n) is 9.17. The number of aryl methyl sites for hydroxylation is 1. The summed E-state index contributed by atoms with van der Waals surface area (Å²) in [6, 6.07) is 8.18. The van der Waals surface area contributed by atoms with Crippen molar-refractivity contribution in [1.82, 2.24) is 0 Å². The maximum absolute atomic E-state index is 12.1. The highest BCUT2D eigenvalue weighted by Gasteiger charge is 2.14. The number of rotatable bonds is 3. The van der Waals surface area contributed by atoms with Crippen LogP contribution < -0.4 is 0 Å². The number of ketones is 1. The average Bonchev–Trinajstić information content (AvgIpc) is 2.75. The Balaban J connectivity index is 2.36. The fourth-order valence-corrected chi connectivity index (χ4v) is 2.04. The van der Waals surface area contributed by atoms with Crippen molar-refractivity contribution in [2.24, 2.45) is 0 Å². The van der Waals surface area contributed by atoms with Crippen LogP contribution in [0.2, 0.25) is 10.0 Å². The highest BCUT2D eigenvalue weighted by atomic mass is 35.5. The first-order valence-electron chi connectivity index (χ1n) is 5.19. The van der Waals surface area contributed by atoms with Crippen LogP contribution in [0.5, 0.6) is 0 Å². The van der Waals surface area contributed by atoms with Crippen molar-refractivity contribution in [2.75, 3.05) is 0 Å². The fraction of sp³-hybridized carbons (Fsp3) is 0.154. The maximum Gasteiger partial charge on any atom is 0.228 e. The molecule has 0 spiro atoms. The molecule has 0 N–H and O–H groups in total. The monoisotopic (exact) mass is 268 g/mol. The standard InChI is InChI=1S/C13H10Cl2O2/c1-2-11-3-4-12(17-11)13(16)8-5-9(14)7-10(15)6-8/h3-7H,2H2,1H3. The molecular weight excluding hydrogens is 259 g/mol. The van der Waals surface area contributed by atoms with Gasteiger partial charge in [-0.15, -0.1) is 0 Å². The quantitative estimate of drug-likeness (QED) is 0.774. The van der Waals surface area contributed by atoms with Gasteiger partial charge in [0.2, 0.25) is 5.78 Å². The molecule has 2 rings (SSSR count). The summed E-state index contributed by atoms with van der Waals surface area (Å²) >= 11 is 11.7. The summed E-state index contributed by atoms with van der Waals surface area (Å²) in [5, 5.41) is 0.867. The van der Waals surface area contributed by atoms with Gasteiger partial charge in [0, 0.05) is 22.0 Å². The molecule has 0 atom stereocenters. The second kappa shape index (κ2) is 4.94. The highest BCUT2D eigenvalue weighted by molar-refractivity contribution is 6.35. The second-order valence-corrected chi connectivity index (χ2v) is 4.48. The molecule has 0 aliphatic rings. The van der Waals surface area contributed by atoms with Gasteiger partial charge >= 0.3 is 0 Å². The van der Waals surface area contributed by atoms with Gasteiger partial charge in [0.15, 0.2) is 5.76 Å². The number of halogens is 2. The molecule has 0 aliphatic carbocycles. The number of carbonyl (C=O) groups excluding carboxylic acids is 1. The Morgan fingerprint density at radius 3 is 2.35 bits per heavy atom. The Morgan fingerprint density at radius 2 is 1.82 bits per heavy atom. The van der Waals surface area contributed by atoms with E-state index in [0.29, 0.717) is 21.4 Å². The summed E-state index contributed by atoms with van der Waals surface area (Å²) in [6.07, 6.45) is 0.754. The molecule has 0 saturated heterocycles. The molecule has 0 fully saturated rings. The lowest BCUT2D eigenvalue weighted by Crippen LogP contribution is -1.99. The third-order valence-corrected chi connectivity index (χ3v) is 2.80. The van der Waals surface area contributed by atoms with Gasteiger partial charge in [0.25, 0.3) is 0 Å². The van der Waals surface area contributed by atoms with E-state index in [1.54, 1.807) is 30.3 Å². The number of hydrogen-bond donors (Lipinski definition) is 0. The molecule has 0 unspecified atom stereocenters. The predicted molar refractivity (Wildman–Crippen MR) is 68.0 cm³/mol. The van der Waals surface area contributed by atoms with Crippen LogP contribution in [0.15, 0.2) is 34.7 Å². The average molecular weight is 269 g/mol. The molecule has 1 heterocycles. The van der Waals surface area contributed by atoms with Crippen molar-refractivity contribution in [3.63, 3.8) is 0 Å². The number of carbonyl (C=O) groups is 1. The van der Waals surface area contributed by atoms with Crippen molar-refractivity contribution in [1.29, 1.82) is 0 Å². The van der Waals surface area contributed by atoms with Gasteiger partial charge in [-0.05, 0) is 30.3 Å². The third-order valence-electron chi connectivity index (χ3n) is 2.36. The highest BCUT2D eigenvalue weighted by Crippen LogP contribution is 2.22. The summed E-state index contributed by atoms with van der Waals surface area (Å²) in [5.41, 5.74) is 0.430. The summed E-state index contributed by atoms with van der Waals surface area (Å²) in [5.74, 6) is 0.871.